The molecule has 5 rings (SSSR count). The average Bonchev–Trinajstić information content (AvgIpc) is 3.18. The van der Waals surface area contributed by atoms with Crippen molar-refractivity contribution in [2.24, 2.45) is 17.3 Å². The molecule has 0 unspecified atom stereocenters. The largest absolute Gasteiger partial charge is 0.451 e. The molecule has 1 aromatic rings. The van der Waals surface area contributed by atoms with Gasteiger partial charge in [-0.15, -0.1) is 0 Å². The van der Waals surface area contributed by atoms with E-state index >= 15 is 0 Å². The average molecular weight is 520 g/mol. The molecule has 0 bridgehead atoms. The molecule has 0 aliphatic heterocycles. The first-order chi connectivity index (χ1) is 18.1. The van der Waals surface area contributed by atoms with Crippen LogP contribution in [-0.2, 0) is 30.3 Å². The summed E-state index contributed by atoms with van der Waals surface area (Å²) in [6.07, 6.45) is 9.10. The predicted molar refractivity (Wildman–Crippen MR) is 147 cm³/mol. The van der Waals surface area contributed by atoms with E-state index in [9.17, 15) is 14.4 Å². The number of carbonyl (C=O) groups is 3. The summed E-state index contributed by atoms with van der Waals surface area (Å²) in [5.74, 6) is 0.428. The molecule has 2 saturated carbocycles. The lowest BCUT2D eigenvalue weighted by molar-refractivity contribution is -0.185. The van der Waals surface area contributed by atoms with Crippen LogP contribution < -0.4 is 4.90 Å². The number of nitrogens with zero attached hydrogens (tertiary/aromatic N) is 1. The molecule has 0 spiro atoms. The van der Waals surface area contributed by atoms with Crippen molar-refractivity contribution >= 4 is 23.2 Å². The van der Waals surface area contributed by atoms with Crippen molar-refractivity contribution in [2.45, 2.75) is 77.2 Å². The highest BCUT2D eigenvalue weighted by atomic mass is 16.6. The van der Waals surface area contributed by atoms with Gasteiger partial charge in [-0.1, -0.05) is 24.6 Å². The van der Waals surface area contributed by atoms with Crippen LogP contribution in [0, 0.1) is 17.3 Å². The first kappa shape index (κ1) is 26.9. The van der Waals surface area contributed by atoms with Crippen LogP contribution in [0.15, 0.2) is 47.1 Å². The maximum atomic E-state index is 13.9. The number of ketones is 2. The number of Topliss-reactive ketones (excluding diaryl/α,β-unsaturated/α-hetero) is 1. The number of esters is 1. The first-order valence-electron chi connectivity index (χ1n) is 14.2. The van der Waals surface area contributed by atoms with Gasteiger partial charge in [0.15, 0.2) is 11.4 Å². The highest BCUT2D eigenvalue weighted by Crippen LogP contribution is 2.64. The van der Waals surface area contributed by atoms with Crippen LogP contribution >= 0.6 is 0 Å². The number of allylic oxidation sites excluding steroid dienone is 4. The molecule has 0 aromatic heterocycles. The van der Waals surface area contributed by atoms with E-state index < -0.39 is 17.0 Å². The Labute approximate surface area is 226 Å². The summed E-state index contributed by atoms with van der Waals surface area (Å²) < 4.78 is 11.9. The molecule has 2 fully saturated rings. The topological polar surface area (TPSA) is 72.9 Å². The fraction of sp³-hybridized carbons (Fsp3) is 0.594. The lowest BCUT2D eigenvalue weighted by atomic mass is 9.54. The number of rotatable bonds is 8. The minimum atomic E-state index is -1.13. The van der Waals surface area contributed by atoms with Crippen molar-refractivity contribution in [1.29, 1.82) is 0 Å². The Morgan fingerprint density at radius 2 is 1.79 bits per heavy atom. The van der Waals surface area contributed by atoms with Gasteiger partial charge < -0.3 is 14.4 Å². The van der Waals surface area contributed by atoms with Gasteiger partial charge in [-0.05, 0) is 98.1 Å². The molecule has 4 aliphatic carbocycles. The molecule has 6 heteroatoms. The van der Waals surface area contributed by atoms with Gasteiger partial charge in [0.2, 0.25) is 5.78 Å². The van der Waals surface area contributed by atoms with E-state index in [1.165, 1.54) is 23.6 Å². The molecule has 4 atom stereocenters. The van der Waals surface area contributed by atoms with Crippen LogP contribution in [0.2, 0.25) is 0 Å². The SMILES string of the molecule is CC(=O)O[C@]1(C(=O)COCCc2ccc(N(C)C)cc2)CC[C@H]2[C@@H]3CCC4=CC(=O)CCC4=C3CC[C@@]21C. The van der Waals surface area contributed by atoms with Gasteiger partial charge in [-0.3, -0.25) is 14.4 Å². The Morgan fingerprint density at radius 3 is 2.50 bits per heavy atom. The van der Waals surface area contributed by atoms with Crippen LogP contribution in [0.4, 0.5) is 5.69 Å². The van der Waals surface area contributed by atoms with Gasteiger partial charge in [0, 0.05) is 38.5 Å². The Bertz CT molecular complexity index is 1180. The quantitative estimate of drug-likeness (QED) is 0.339. The van der Waals surface area contributed by atoms with E-state index in [2.05, 4.69) is 36.1 Å². The number of benzene rings is 1. The summed E-state index contributed by atoms with van der Waals surface area (Å²) in [7, 11) is 4.03. The first-order valence-corrected chi connectivity index (χ1v) is 14.2. The van der Waals surface area contributed by atoms with Gasteiger partial charge in [0.05, 0.1) is 6.61 Å². The molecule has 4 aliphatic rings. The number of hydrogen-bond donors (Lipinski definition) is 0. The second kappa shape index (κ2) is 10.4. The Morgan fingerprint density at radius 1 is 1.03 bits per heavy atom. The highest BCUT2D eigenvalue weighted by Gasteiger charge is 2.66. The van der Waals surface area contributed by atoms with Crippen LogP contribution in [0.5, 0.6) is 0 Å². The summed E-state index contributed by atoms with van der Waals surface area (Å²) in [5.41, 5.74) is 4.90. The lowest BCUT2D eigenvalue weighted by Crippen LogP contribution is -2.57. The van der Waals surface area contributed by atoms with E-state index in [0.29, 0.717) is 25.4 Å². The van der Waals surface area contributed by atoms with Gasteiger partial charge in [0.25, 0.3) is 0 Å². The van der Waals surface area contributed by atoms with Crippen molar-refractivity contribution in [3.63, 3.8) is 0 Å². The van der Waals surface area contributed by atoms with E-state index in [1.54, 1.807) is 0 Å². The van der Waals surface area contributed by atoms with Crippen molar-refractivity contribution in [3.8, 4) is 0 Å². The van der Waals surface area contributed by atoms with Crippen LogP contribution in [0.1, 0.15) is 70.8 Å². The third kappa shape index (κ3) is 4.66. The third-order valence-corrected chi connectivity index (χ3v) is 9.84. The summed E-state index contributed by atoms with van der Waals surface area (Å²) in [6, 6.07) is 8.34. The predicted octanol–water partition coefficient (Wildman–Crippen LogP) is 5.39. The van der Waals surface area contributed by atoms with Crippen molar-refractivity contribution in [3.05, 3.63) is 52.6 Å². The zero-order valence-corrected chi connectivity index (χ0v) is 23.3. The molecule has 6 nitrogen and oxygen atoms in total. The molecular formula is C32H41NO5. The van der Waals surface area contributed by atoms with E-state index in [4.69, 9.17) is 9.47 Å². The van der Waals surface area contributed by atoms with Crippen LogP contribution in [0.25, 0.3) is 0 Å². The molecule has 0 heterocycles. The van der Waals surface area contributed by atoms with E-state index in [-0.39, 0.29) is 24.1 Å². The summed E-state index contributed by atoms with van der Waals surface area (Å²) in [5, 5.41) is 0. The minimum Gasteiger partial charge on any atom is -0.451 e. The molecule has 0 saturated heterocycles. The Balaban J connectivity index is 1.30. The van der Waals surface area contributed by atoms with Crippen molar-refractivity contribution in [2.75, 3.05) is 32.2 Å². The Kier molecular flexibility index (Phi) is 7.38. The fourth-order valence-corrected chi connectivity index (χ4v) is 7.89. The fourth-order valence-electron chi connectivity index (χ4n) is 7.89. The van der Waals surface area contributed by atoms with Gasteiger partial charge >= 0.3 is 5.97 Å². The monoisotopic (exact) mass is 519 g/mol. The van der Waals surface area contributed by atoms with Gasteiger partial charge in [0.1, 0.15) is 6.61 Å². The molecular weight excluding hydrogens is 478 g/mol. The van der Waals surface area contributed by atoms with Crippen LogP contribution in [0.3, 0.4) is 0 Å². The molecule has 0 amide bonds. The lowest BCUT2D eigenvalue weighted by Gasteiger charge is -2.52. The summed E-state index contributed by atoms with van der Waals surface area (Å²) in [4.78, 5) is 40.3. The van der Waals surface area contributed by atoms with Gasteiger partial charge in [-0.2, -0.15) is 0 Å². The zero-order chi connectivity index (χ0) is 27.1. The molecule has 0 radical (unpaired) electrons. The summed E-state index contributed by atoms with van der Waals surface area (Å²) in [6.45, 7) is 3.99. The maximum absolute atomic E-state index is 13.9. The van der Waals surface area contributed by atoms with Crippen molar-refractivity contribution in [1.82, 2.24) is 0 Å². The zero-order valence-electron chi connectivity index (χ0n) is 23.3. The standard InChI is InChI=1S/C32H41NO5/c1-21(34)38-32(30(36)20-37-18-15-22-5-8-24(9-6-22)33(3)4)17-14-29-28-11-7-23-19-25(35)10-12-26(23)27(28)13-16-31(29,32)2/h5-6,8-9,19,28-29H,7,10-18,20H2,1-4H3/t28-,29+,31+,32+/m1/s1. The highest BCUT2D eigenvalue weighted by molar-refractivity contribution is 5.93. The second-order valence-corrected chi connectivity index (χ2v) is 12.1. The third-order valence-electron chi connectivity index (χ3n) is 9.84. The second-order valence-electron chi connectivity index (χ2n) is 12.1. The van der Waals surface area contributed by atoms with Crippen molar-refractivity contribution < 1.29 is 23.9 Å². The van der Waals surface area contributed by atoms with Crippen LogP contribution in [-0.4, -0.2) is 50.4 Å². The molecule has 204 valence electrons. The molecule has 0 N–H and O–H groups in total. The smallest absolute Gasteiger partial charge is 0.303 e. The normalized spacial score (nSPS) is 30.2. The molecule has 38 heavy (non-hydrogen) atoms. The van der Waals surface area contributed by atoms with Gasteiger partial charge in [-0.25, -0.2) is 0 Å². The minimum absolute atomic E-state index is 0.0427. The number of carbonyl (C=O) groups excluding carboxylic acids is 3. The van der Waals surface area contributed by atoms with E-state index in [0.717, 1.165) is 56.2 Å². The number of ether oxygens (including phenoxy) is 2. The number of anilines is 1. The number of fused-ring (bicyclic) bond motifs is 4. The molecule has 1 aromatic carbocycles. The van der Waals surface area contributed by atoms with E-state index in [1.807, 2.05) is 20.2 Å². The maximum Gasteiger partial charge on any atom is 0.303 e. The Hall–Kier alpha value is -2.73. The summed E-state index contributed by atoms with van der Waals surface area (Å²) >= 11 is 0. The number of hydrogen-bond acceptors (Lipinski definition) is 6.